The Bertz CT molecular complexity index is 584. The summed E-state index contributed by atoms with van der Waals surface area (Å²) in [6.45, 7) is 3.53. The lowest BCUT2D eigenvalue weighted by molar-refractivity contribution is 0.0756. The molecule has 0 aliphatic carbocycles. The highest BCUT2D eigenvalue weighted by Gasteiger charge is 2.16. The molecule has 0 fully saturated rings. The number of carbonyl (C=O) groups is 1. The van der Waals surface area contributed by atoms with Crippen LogP contribution in [0.3, 0.4) is 0 Å². The number of carbonyl (C=O) groups excluding carboxylic acids is 1. The first-order valence-electron chi connectivity index (χ1n) is 7.17. The van der Waals surface area contributed by atoms with Crippen LogP contribution in [-0.4, -0.2) is 35.4 Å². The Morgan fingerprint density at radius 1 is 1.10 bits per heavy atom. The number of hydrogen-bond acceptors (Lipinski definition) is 3. The molecule has 0 unspecified atom stereocenters. The molecule has 2 N–H and O–H groups in total. The molecule has 1 amide bonds. The molecule has 1 heterocycles. The molecule has 0 aliphatic rings. The Morgan fingerprint density at radius 3 is 2.52 bits per heavy atom. The van der Waals surface area contributed by atoms with Crippen molar-refractivity contribution in [3.05, 3.63) is 65.5 Å². The SMILES string of the molecule is Cc1cccc(C(=O)N(CCN)CCc2ccccc2)n1. The van der Waals surface area contributed by atoms with E-state index in [9.17, 15) is 4.79 Å². The van der Waals surface area contributed by atoms with E-state index in [0.717, 1.165) is 12.1 Å². The molecule has 4 heteroatoms. The smallest absolute Gasteiger partial charge is 0.272 e. The third-order valence-corrected chi connectivity index (χ3v) is 3.31. The number of benzene rings is 1. The number of pyridine rings is 1. The molecule has 0 aliphatic heterocycles. The highest BCUT2D eigenvalue weighted by molar-refractivity contribution is 5.92. The molecule has 0 atom stereocenters. The maximum absolute atomic E-state index is 12.5. The highest BCUT2D eigenvalue weighted by atomic mass is 16.2. The van der Waals surface area contributed by atoms with Crippen molar-refractivity contribution >= 4 is 5.91 Å². The van der Waals surface area contributed by atoms with Crippen LogP contribution < -0.4 is 5.73 Å². The minimum atomic E-state index is -0.0555. The van der Waals surface area contributed by atoms with Gasteiger partial charge in [0.05, 0.1) is 0 Å². The fraction of sp³-hybridized carbons (Fsp3) is 0.294. The predicted molar refractivity (Wildman–Crippen MR) is 84.1 cm³/mol. The van der Waals surface area contributed by atoms with Gasteiger partial charge < -0.3 is 10.6 Å². The highest BCUT2D eigenvalue weighted by Crippen LogP contribution is 2.06. The van der Waals surface area contributed by atoms with Gasteiger partial charge in [0.25, 0.3) is 5.91 Å². The van der Waals surface area contributed by atoms with E-state index in [1.165, 1.54) is 5.56 Å². The lowest BCUT2D eigenvalue weighted by atomic mass is 10.1. The zero-order chi connectivity index (χ0) is 15.1. The maximum Gasteiger partial charge on any atom is 0.272 e. The third-order valence-electron chi connectivity index (χ3n) is 3.31. The largest absolute Gasteiger partial charge is 0.336 e. The van der Waals surface area contributed by atoms with E-state index in [4.69, 9.17) is 5.73 Å². The van der Waals surface area contributed by atoms with Crippen molar-refractivity contribution in [3.63, 3.8) is 0 Å². The summed E-state index contributed by atoms with van der Waals surface area (Å²) >= 11 is 0. The van der Waals surface area contributed by atoms with Crippen LogP contribution in [0.25, 0.3) is 0 Å². The molecule has 0 spiro atoms. The van der Waals surface area contributed by atoms with Gasteiger partial charge in [-0.3, -0.25) is 4.79 Å². The molecule has 1 aromatic carbocycles. The second-order valence-electron chi connectivity index (χ2n) is 4.98. The lowest BCUT2D eigenvalue weighted by Gasteiger charge is -2.21. The Morgan fingerprint density at radius 2 is 1.86 bits per heavy atom. The lowest BCUT2D eigenvalue weighted by Crippen LogP contribution is -2.37. The Labute approximate surface area is 125 Å². The summed E-state index contributed by atoms with van der Waals surface area (Å²) in [5.74, 6) is -0.0555. The fourth-order valence-electron chi connectivity index (χ4n) is 2.20. The Hall–Kier alpha value is -2.20. The average Bonchev–Trinajstić information content (AvgIpc) is 2.52. The molecule has 2 aromatic rings. The van der Waals surface area contributed by atoms with Crippen LogP contribution in [0.5, 0.6) is 0 Å². The predicted octanol–water partition coefficient (Wildman–Crippen LogP) is 2.03. The second-order valence-corrected chi connectivity index (χ2v) is 4.98. The minimum absolute atomic E-state index is 0.0555. The van der Waals surface area contributed by atoms with Crippen LogP contribution in [0.2, 0.25) is 0 Å². The minimum Gasteiger partial charge on any atom is -0.336 e. The normalized spacial score (nSPS) is 10.4. The molecule has 1 aromatic heterocycles. The van der Waals surface area contributed by atoms with Crippen LogP contribution in [0.4, 0.5) is 0 Å². The quantitative estimate of drug-likeness (QED) is 0.882. The molecular weight excluding hydrogens is 262 g/mol. The number of nitrogens with zero attached hydrogens (tertiary/aromatic N) is 2. The van der Waals surface area contributed by atoms with Crippen LogP contribution in [0, 0.1) is 6.92 Å². The number of rotatable bonds is 6. The number of amides is 1. The van der Waals surface area contributed by atoms with Gasteiger partial charge in [-0.05, 0) is 31.0 Å². The van der Waals surface area contributed by atoms with Gasteiger partial charge in [0.15, 0.2) is 0 Å². The number of aryl methyl sites for hydroxylation is 1. The molecule has 21 heavy (non-hydrogen) atoms. The summed E-state index contributed by atoms with van der Waals surface area (Å²) in [7, 11) is 0. The van der Waals surface area contributed by atoms with E-state index >= 15 is 0 Å². The average molecular weight is 283 g/mol. The third kappa shape index (κ3) is 4.39. The molecule has 0 bridgehead atoms. The summed E-state index contributed by atoms with van der Waals surface area (Å²) in [6, 6.07) is 15.6. The van der Waals surface area contributed by atoms with Crippen molar-refractivity contribution in [2.75, 3.05) is 19.6 Å². The first-order chi connectivity index (χ1) is 10.2. The summed E-state index contributed by atoms with van der Waals surface area (Å²) in [5, 5.41) is 0. The van der Waals surface area contributed by atoms with Crippen LogP contribution in [0.15, 0.2) is 48.5 Å². The topological polar surface area (TPSA) is 59.2 Å². The van der Waals surface area contributed by atoms with Gasteiger partial charge in [0, 0.05) is 25.3 Å². The first-order valence-corrected chi connectivity index (χ1v) is 7.17. The van der Waals surface area contributed by atoms with E-state index in [2.05, 4.69) is 17.1 Å². The molecule has 110 valence electrons. The molecule has 4 nitrogen and oxygen atoms in total. The summed E-state index contributed by atoms with van der Waals surface area (Å²) in [4.78, 5) is 18.6. The van der Waals surface area contributed by atoms with Crippen molar-refractivity contribution in [1.29, 1.82) is 0 Å². The standard InChI is InChI=1S/C17H21N3O/c1-14-6-5-9-16(19-14)17(21)20(13-11-18)12-10-15-7-3-2-4-8-15/h2-9H,10-13,18H2,1H3. The van der Waals surface area contributed by atoms with Crippen molar-refractivity contribution in [2.24, 2.45) is 5.73 Å². The second kappa shape index (κ2) is 7.55. The van der Waals surface area contributed by atoms with Gasteiger partial charge >= 0.3 is 0 Å². The van der Waals surface area contributed by atoms with E-state index in [-0.39, 0.29) is 5.91 Å². The molecular formula is C17H21N3O. The Kier molecular flexibility index (Phi) is 5.46. The molecule has 0 saturated carbocycles. The van der Waals surface area contributed by atoms with Gasteiger partial charge in [0.2, 0.25) is 0 Å². The monoisotopic (exact) mass is 283 g/mol. The molecule has 0 saturated heterocycles. The first kappa shape index (κ1) is 15.2. The van der Waals surface area contributed by atoms with Crippen molar-refractivity contribution in [3.8, 4) is 0 Å². The van der Waals surface area contributed by atoms with Crippen LogP contribution >= 0.6 is 0 Å². The van der Waals surface area contributed by atoms with Gasteiger partial charge in [-0.25, -0.2) is 4.98 Å². The van der Waals surface area contributed by atoms with E-state index in [1.54, 1.807) is 11.0 Å². The van der Waals surface area contributed by atoms with Crippen molar-refractivity contribution in [2.45, 2.75) is 13.3 Å². The zero-order valence-electron chi connectivity index (χ0n) is 12.3. The summed E-state index contributed by atoms with van der Waals surface area (Å²) in [5.41, 5.74) is 8.17. The fourth-order valence-corrected chi connectivity index (χ4v) is 2.20. The number of hydrogen-bond donors (Lipinski definition) is 1. The van der Waals surface area contributed by atoms with E-state index in [1.807, 2.05) is 37.3 Å². The van der Waals surface area contributed by atoms with Gasteiger partial charge in [-0.1, -0.05) is 36.4 Å². The molecule has 0 radical (unpaired) electrons. The van der Waals surface area contributed by atoms with Crippen LogP contribution in [-0.2, 0) is 6.42 Å². The van der Waals surface area contributed by atoms with Crippen molar-refractivity contribution in [1.82, 2.24) is 9.88 Å². The van der Waals surface area contributed by atoms with E-state index in [0.29, 0.717) is 25.3 Å². The number of nitrogens with two attached hydrogens (primary N) is 1. The molecule has 2 rings (SSSR count). The van der Waals surface area contributed by atoms with E-state index < -0.39 is 0 Å². The Balaban J connectivity index is 2.06. The van der Waals surface area contributed by atoms with Crippen LogP contribution in [0.1, 0.15) is 21.7 Å². The summed E-state index contributed by atoms with van der Waals surface area (Å²) < 4.78 is 0. The van der Waals surface area contributed by atoms with Crippen molar-refractivity contribution < 1.29 is 4.79 Å². The number of aromatic nitrogens is 1. The van der Waals surface area contributed by atoms with Gasteiger partial charge in [-0.15, -0.1) is 0 Å². The van der Waals surface area contributed by atoms with Gasteiger partial charge in [-0.2, -0.15) is 0 Å². The van der Waals surface area contributed by atoms with Gasteiger partial charge in [0.1, 0.15) is 5.69 Å². The maximum atomic E-state index is 12.5. The summed E-state index contributed by atoms with van der Waals surface area (Å²) in [6.07, 6.45) is 0.818. The zero-order valence-corrected chi connectivity index (χ0v) is 12.3.